The van der Waals surface area contributed by atoms with E-state index >= 15 is 0 Å². The molecule has 0 spiro atoms. The summed E-state index contributed by atoms with van der Waals surface area (Å²) >= 11 is 0. The molecule has 0 amide bonds. The van der Waals surface area contributed by atoms with E-state index in [1.54, 1.807) is 12.1 Å². The lowest BCUT2D eigenvalue weighted by atomic mass is 9.70. The van der Waals surface area contributed by atoms with E-state index in [4.69, 9.17) is 5.73 Å². The van der Waals surface area contributed by atoms with Crippen LogP contribution in [-0.4, -0.2) is 5.92 Å². The average Bonchev–Trinajstić information content (AvgIpc) is 2.02. The largest absolute Gasteiger partial charge is 0.321 e. The SMILES string of the molecule is Cl.NC1(c2ccccc2)CC(F)(F)C1. The highest BCUT2D eigenvalue weighted by Crippen LogP contribution is 2.49. The number of nitrogens with two attached hydrogens (primary N) is 1. The first kappa shape index (κ1) is 11.4. The third-order valence-corrected chi connectivity index (χ3v) is 2.50. The van der Waals surface area contributed by atoms with E-state index < -0.39 is 11.5 Å². The van der Waals surface area contributed by atoms with E-state index in [1.165, 1.54) is 0 Å². The maximum atomic E-state index is 12.6. The minimum Gasteiger partial charge on any atom is -0.321 e. The molecule has 0 aromatic heterocycles. The van der Waals surface area contributed by atoms with E-state index in [2.05, 4.69) is 0 Å². The Hall–Kier alpha value is -0.670. The van der Waals surface area contributed by atoms with Gasteiger partial charge in [0.2, 0.25) is 0 Å². The molecule has 1 saturated carbocycles. The summed E-state index contributed by atoms with van der Waals surface area (Å²) < 4.78 is 25.3. The van der Waals surface area contributed by atoms with Crippen LogP contribution in [0.15, 0.2) is 30.3 Å². The van der Waals surface area contributed by atoms with Gasteiger partial charge in [-0.05, 0) is 5.56 Å². The molecule has 2 N–H and O–H groups in total. The molecule has 0 bridgehead atoms. The minimum atomic E-state index is -2.56. The fraction of sp³-hybridized carbons (Fsp3) is 0.400. The molecule has 1 aromatic carbocycles. The van der Waals surface area contributed by atoms with Crippen molar-refractivity contribution in [3.63, 3.8) is 0 Å². The quantitative estimate of drug-likeness (QED) is 0.772. The molecule has 78 valence electrons. The minimum absolute atomic E-state index is 0. The molecule has 1 nitrogen and oxygen atoms in total. The average molecular weight is 220 g/mol. The number of hydrogen-bond donors (Lipinski definition) is 1. The van der Waals surface area contributed by atoms with Crippen molar-refractivity contribution in [2.75, 3.05) is 0 Å². The van der Waals surface area contributed by atoms with Crippen LogP contribution in [0.4, 0.5) is 8.78 Å². The highest BCUT2D eigenvalue weighted by Gasteiger charge is 2.54. The summed E-state index contributed by atoms with van der Waals surface area (Å²) in [4.78, 5) is 0. The molecular formula is C10H12ClF2N. The first-order valence-electron chi connectivity index (χ1n) is 4.24. The molecule has 0 aliphatic heterocycles. The second-order valence-electron chi connectivity index (χ2n) is 3.73. The van der Waals surface area contributed by atoms with Crippen molar-refractivity contribution in [2.24, 2.45) is 5.73 Å². The second kappa shape index (κ2) is 3.48. The lowest BCUT2D eigenvalue weighted by Gasteiger charge is -2.44. The van der Waals surface area contributed by atoms with E-state index in [9.17, 15) is 8.78 Å². The number of halogens is 3. The fourth-order valence-corrected chi connectivity index (χ4v) is 1.85. The molecule has 0 atom stereocenters. The molecule has 1 aromatic rings. The maximum Gasteiger partial charge on any atom is 0.252 e. The van der Waals surface area contributed by atoms with Gasteiger partial charge in [-0.1, -0.05) is 30.3 Å². The molecule has 0 heterocycles. The van der Waals surface area contributed by atoms with Gasteiger partial charge in [-0.3, -0.25) is 0 Å². The van der Waals surface area contributed by atoms with E-state index in [-0.39, 0.29) is 25.2 Å². The van der Waals surface area contributed by atoms with E-state index in [0.29, 0.717) is 0 Å². The zero-order chi connectivity index (χ0) is 9.53. The predicted octanol–water partition coefficient (Wildman–Crippen LogP) is 2.69. The van der Waals surface area contributed by atoms with Gasteiger partial charge in [-0.25, -0.2) is 8.78 Å². The van der Waals surface area contributed by atoms with Crippen LogP contribution in [0.3, 0.4) is 0 Å². The normalized spacial score (nSPS) is 21.9. The van der Waals surface area contributed by atoms with Gasteiger partial charge in [0.05, 0.1) is 5.54 Å². The fourth-order valence-electron chi connectivity index (χ4n) is 1.85. The first-order valence-corrected chi connectivity index (χ1v) is 4.24. The summed E-state index contributed by atoms with van der Waals surface area (Å²) in [7, 11) is 0. The third-order valence-electron chi connectivity index (χ3n) is 2.50. The predicted molar refractivity (Wildman–Crippen MR) is 53.7 cm³/mol. The second-order valence-corrected chi connectivity index (χ2v) is 3.73. The van der Waals surface area contributed by atoms with Crippen LogP contribution in [-0.2, 0) is 5.54 Å². The molecule has 0 saturated heterocycles. The molecule has 2 rings (SSSR count). The molecule has 4 heteroatoms. The Kier molecular flexibility index (Phi) is 2.83. The Morgan fingerprint density at radius 2 is 1.57 bits per heavy atom. The van der Waals surface area contributed by atoms with Gasteiger partial charge >= 0.3 is 0 Å². The Labute approximate surface area is 87.7 Å². The number of rotatable bonds is 1. The van der Waals surface area contributed by atoms with Crippen molar-refractivity contribution in [1.29, 1.82) is 0 Å². The van der Waals surface area contributed by atoms with Crippen molar-refractivity contribution < 1.29 is 8.78 Å². The summed E-state index contributed by atoms with van der Waals surface area (Å²) in [5.41, 5.74) is 5.83. The topological polar surface area (TPSA) is 26.0 Å². The summed E-state index contributed by atoms with van der Waals surface area (Å²) in [6.45, 7) is 0. The van der Waals surface area contributed by atoms with E-state index in [1.807, 2.05) is 18.2 Å². The van der Waals surface area contributed by atoms with Crippen LogP contribution < -0.4 is 5.73 Å². The summed E-state index contributed by atoms with van der Waals surface area (Å²) in [5.74, 6) is -2.56. The smallest absolute Gasteiger partial charge is 0.252 e. The Balaban J connectivity index is 0.000000980. The number of hydrogen-bond acceptors (Lipinski definition) is 1. The Bertz CT molecular complexity index is 305. The van der Waals surface area contributed by atoms with Crippen LogP contribution in [0.25, 0.3) is 0 Å². The zero-order valence-electron chi connectivity index (χ0n) is 7.54. The standard InChI is InChI=1S/C10H11F2N.ClH/c11-10(12)6-9(13,7-10)8-4-2-1-3-5-8;/h1-5H,6-7,13H2;1H. The maximum absolute atomic E-state index is 12.6. The lowest BCUT2D eigenvalue weighted by molar-refractivity contribution is -0.125. The van der Waals surface area contributed by atoms with E-state index in [0.717, 1.165) is 5.56 Å². The lowest BCUT2D eigenvalue weighted by Crippen LogP contribution is -2.55. The molecule has 0 unspecified atom stereocenters. The van der Waals surface area contributed by atoms with Crippen molar-refractivity contribution in [3.05, 3.63) is 35.9 Å². The van der Waals surface area contributed by atoms with Crippen LogP contribution in [0.1, 0.15) is 18.4 Å². The first-order chi connectivity index (χ1) is 6.02. The van der Waals surface area contributed by atoms with Crippen LogP contribution in [0.5, 0.6) is 0 Å². The van der Waals surface area contributed by atoms with Gasteiger partial charge < -0.3 is 5.73 Å². The van der Waals surface area contributed by atoms with Gasteiger partial charge in [-0.15, -0.1) is 12.4 Å². The van der Waals surface area contributed by atoms with Gasteiger partial charge in [-0.2, -0.15) is 0 Å². The Morgan fingerprint density at radius 3 is 2.00 bits per heavy atom. The van der Waals surface area contributed by atoms with Crippen molar-refractivity contribution >= 4 is 12.4 Å². The number of alkyl halides is 2. The summed E-state index contributed by atoms with van der Waals surface area (Å²) in [6.07, 6.45) is -0.464. The van der Waals surface area contributed by atoms with Gasteiger partial charge in [0.1, 0.15) is 0 Å². The molecule has 14 heavy (non-hydrogen) atoms. The Morgan fingerprint density at radius 1 is 1.07 bits per heavy atom. The molecular weight excluding hydrogens is 208 g/mol. The monoisotopic (exact) mass is 219 g/mol. The van der Waals surface area contributed by atoms with Crippen molar-refractivity contribution in [3.8, 4) is 0 Å². The number of benzene rings is 1. The van der Waals surface area contributed by atoms with Gasteiger partial charge in [0, 0.05) is 12.8 Å². The highest BCUT2D eigenvalue weighted by molar-refractivity contribution is 5.85. The highest BCUT2D eigenvalue weighted by atomic mass is 35.5. The van der Waals surface area contributed by atoms with Crippen molar-refractivity contribution in [1.82, 2.24) is 0 Å². The van der Waals surface area contributed by atoms with Gasteiger partial charge in [0.15, 0.2) is 0 Å². The van der Waals surface area contributed by atoms with Crippen LogP contribution in [0.2, 0.25) is 0 Å². The summed E-state index contributed by atoms with van der Waals surface area (Å²) in [5, 5.41) is 0. The molecule has 0 radical (unpaired) electrons. The van der Waals surface area contributed by atoms with Crippen LogP contribution in [0, 0.1) is 0 Å². The molecule has 1 aliphatic carbocycles. The van der Waals surface area contributed by atoms with Crippen molar-refractivity contribution in [2.45, 2.75) is 24.3 Å². The van der Waals surface area contributed by atoms with Gasteiger partial charge in [0.25, 0.3) is 5.92 Å². The molecule has 1 aliphatic rings. The third kappa shape index (κ3) is 1.88. The molecule has 1 fully saturated rings. The zero-order valence-corrected chi connectivity index (χ0v) is 8.36. The summed E-state index contributed by atoms with van der Waals surface area (Å²) in [6, 6.07) is 9.09. The van der Waals surface area contributed by atoms with Crippen LogP contribution >= 0.6 is 12.4 Å².